The molecule has 1 aromatic carbocycles. The highest BCUT2D eigenvalue weighted by Crippen LogP contribution is 2.28. The maximum atomic E-state index is 14.2. The van der Waals surface area contributed by atoms with E-state index in [1.54, 1.807) is 42.6 Å². The van der Waals surface area contributed by atoms with Crippen molar-refractivity contribution in [2.24, 2.45) is 5.10 Å². The summed E-state index contributed by atoms with van der Waals surface area (Å²) in [5.41, 5.74) is 3.68. The molecule has 0 saturated carbocycles. The molecule has 1 amide bonds. The molecule has 1 aliphatic heterocycles. The number of rotatable bonds is 3. The highest BCUT2D eigenvalue weighted by atomic mass is 19.1. The normalized spacial score (nSPS) is 15.6. The van der Waals surface area contributed by atoms with E-state index in [-0.39, 0.29) is 5.56 Å². The van der Waals surface area contributed by atoms with Crippen molar-refractivity contribution in [1.29, 1.82) is 0 Å². The fraction of sp³-hybridized carbons (Fsp3) is 0.0526. The molecule has 1 N–H and O–H groups in total. The first-order chi connectivity index (χ1) is 12.2. The number of halogens is 1. The van der Waals surface area contributed by atoms with Crippen molar-refractivity contribution in [2.75, 3.05) is 0 Å². The first-order valence-electron chi connectivity index (χ1n) is 7.58. The van der Waals surface area contributed by atoms with Crippen molar-refractivity contribution in [2.45, 2.75) is 6.42 Å². The van der Waals surface area contributed by atoms with Crippen molar-refractivity contribution in [1.82, 2.24) is 10.3 Å². The lowest BCUT2D eigenvalue weighted by atomic mass is 10.0. The summed E-state index contributed by atoms with van der Waals surface area (Å²) < 4.78 is 14.2. The van der Waals surface area contributed by atoms with Crippen LogP contribution in [0.25, 0.3) is 0 Å². The SMILES string of the molecule is O=C=C1CC=CC=C1N(C(=O)c1ccccc1F)C1=CC=NNC=C1. The van der Waals surface area contributed by atoms with Crippen LogP contribution in [-0.4, -0.2) is 23.0 Å². The minimum Gasteiger partial charge on any atom is -0.286 e. The largest absolute Gasteiger partial charge is 0.286 e. The Labute approximate surface area is 143 Å². The molecule has 0 fully saturated rings. The number of nitrogens with one attached hydrogen (secondary N) is 1. The standard InChI is InChI=1S/C19H14FN3O2/c20-17-7-3-2-6-16(17)19(25)23(15-9-11-21-22-12-10-15)18-8-4-1-5-14(18)13-24/h1-4,6-12,21H,5H2. The topological polar surface area (TPSA) is 61.8 Å². The van der Waals surface area contributed by atoms with Gasteiger partial charge in [-0.1, -0.05) is 24.3 Å². The molecule has 0 atom stereocenters. The Hall–Kier alpha value is -3.50. The van der Waals surface area contributed by atoms with Gasteiger partial charge in [0.1, 0.15) is 11.8 Å². The van der Waals surface area contributed by atoms with Crippen LogP contribution >= 0.6 is 0 Å². The molecule has 0 spiro atoms. The number of nitrogens with zero attached hydrogens (tertiary/aromatic N) is 2. The van der Waals surface area contributed by atoms with Gasteiger partial charge >= 0.3 is 0 Å². The zero-order valence-corrected chi connectivity index (χ0v) is 13.1. The van der Waals surface area contributed by atoms with E-state index in [0.717, 1.165) is 0 Å². The number of amides is 1. The number of carbonyl (C=O) groups is 1. The van der Waals surface area contributed by atoms with Crippen LogP contribution in [0.4, 0.5) is 4.39 Å². The van der Waals surface area contributed by atoms with Crippen molar-refractivity contribution in [3.63, 3.8) is 0 Å². The first kappa shape index (κ1) is 16.4. The maximum absolute atomic E-state index is 14.2. The van der Waals surface area contributed by atoms with Crippen LogP contribution in [0.5, 0.6) is 0 Å². The number of carbonyl (C=O) groups excluding carboxylic acids is 2. The third-order valence-corrected chi connectivity index (χ3v) is 3.67. The number of hydrogen-bond acceptors (Lipinski definition) is 4. The molecule has 6 heteroatoms. The van der Waals surface area contributed by atoms with E-state index in [1.165, 1.54) is 29.3 Å². The molecule has 0 radical (unpaired) electrons. The fourth-order valence-corrected chi connectivity index (χ4v) is 2.50. The fourth-order valence-electron chi connectivity index (χ4n) is 2.50. The van der Waals surface area contributed by atoms with E-state index >= 15 is 0 Å². The predicted octanol–water partition coefficient (Wildman–Crippen LogP) is 2.86. The molecular formula is C19H14FN3O2. The monoisotopic (exact) mass is 335 g/mol. The van der Waals surface area contributed by atoms with Gasteiger partial charge in [0.2, 0.25) is 0 Å². The van der Waals surface area contributed by atoms with Crippen molar-refractivity contribution in [3.05, 3.63) is 89.2 Å². The molecule has 124 valence electrons. The molecule has 0 aromatic heterocycles. The zero-order valence-electron chi connectivity index (χ0n) is 13.1. The van der Waals surface area contributed by atoms with E-state index in [4.69, 9.17) is 0 Å². The minimum atomic E-state index is -0.633. The molecule has 25 heavy (non-hydrogen) atoms. The Kier molecular flexibility index (Phi) is 4.83. The average Bonchev–Trinajstić information content (AvgIpc) is 2.92. The summed E-state index contributed by atoms with van der Waals surface area (Å²) in [4.78, 5) is 25.7. The van der Waals surface area contributed by atoms with E-state index in [1.807, 2.05) is 5.94 Å². The van der Waals surface area contributed by atoms with Crippen LogP contribution in [0.1, 0.15) is 16.8 Å². The highest BCUT2D eigenvalue weighted by Gasteiger charge is 2.27. The lowest BCUT2D eigenvalue weighted by Gasteiger charge is -2.27. The van der Waals surface area contributed by atoms with Gasteiger partial charge in [0.25, 0.3) is 5.91 Å². The van der Waals surface area contributed by atoms with Crippen LogP contribution in [0, 0.1) is 5.82 Å². The number of hydrogen-bond donors (Lipinski definition) is 1. The molecule has 1 aliphatic carbocycles. The highest BCUT2D eigenvalue weighted by molar-refractivity contribution is 5.98. The van der Waals surface area contributed by atoms with Gasteiger partial charge in [0.15, 0.2) is 0 Å². The van der Waals surface area contributed by atoms with Gasteiger partial charge in [0, 0.05) is 18.8 Å². The van der Waals surface area contributed by atoms with Gasteiger partial charge in [-0.3, -0.25) is 15.1 Å². The van der Waals surface area contributed by atoms with Gasteiger partial charge in [0.05, 0.1) is 22.5 Å². The van der Waals surface area contributed by atoms with Gasteiger partial charge in [-0.2, -0.15) is 5.10 Å². The first-order valence-corrected chi connectivity index (χ1v) is 7.58. The lowest BCUT2D eigenvalue weighted by molar-refractivity contribution is 0.0846. The van der Waals surface area contributed by atoms with Gasteiger partial charge in [-0.05, 0) is 30.4 Å². The Balaban J connectivity index is 2.14. The van der Waals surface area contributed by atoms with E-state index < -0.39 is 11.7 Å². The Morgan fingerprint density at radius 1 is 1.28 bits per heavy atom. The Bertz CT molecular complexity index is 903. The third-order valence-electron chi connectivity index (χ3n) is 3.67. The van der Waals surface area contributed by atoms with Gasteiger partial charge in [-0.15, -0.1) is 0 Å². The van der Waals surface area contributed by atoms with E-state index in [0.29, 0.717) is 23.4 Å². The number of benzene rings is 1. The summed E-state index contributed by atoms with van der Waals surface area (Å²) in [5.74, 6) is 0.651. The van der Waals surface area contributed by atoms with Crippen LogP contribution < -0.4 is 5.43 Å². The molecule has 0 saturated heterocycles. The van der Waals surface area contributed by atoms with E-state index in [9.17, 15) is 14.0 Å². The molecule has 3 rings (SSSR count). The summed E-state index contributed by atoms with van der Waals surface area (Å²) in [7, 11) is 0. The smallest absolute Gasteiger partial charge is 0.265 e. The summed E-state index contributed by atoms with van der Waals surface area (Å²) >= 11 is 0. The summed E-state index contributed by atoms with van der Waals surface area (Å²) in [5, 5.41) is 3.87. The van der Waals surface area contributed by atoms with Crippen LogP contribution in [0.2, 0.25) is 0 Å². The number of allylic oxidation sites excluding steroid dienone is 6. The second kappa shape index (κ2) is 7.38. The number of hydrazone groups is 1. The average molecular weight is 335 g/mol. The van der Waals surface area contributed by atoms with Crippen molar-refractivity contribution >= 4 is 18.1 Å². The summed E-state index contributed by atoms with van der Waals surface area (Å²) in [6.45, 7) is 0. The molecule has 0 unspecified atom stereocenters. The van der Waals surface area contributed by atoms with Crippen molar-refractivity contribution < 1.29 is 14.0 Å². The van der Waals surface area contributed by atoms with Crippen LogP contribution in [0.3, 0.4) is 0 Å². The van der Waals surface area contributed by atoms with Gasteiger partial charge in [-0.25, -0.2) is 9.18 Å². The summed E-state index contributed by atoms with van der Waals surface area (Å²) in [6.07, 6.45) is 11.7. The minimum absolute atomic E-state index is 0.0911. The molecule has 1 heterocycles. The zero-order chi connectivity index (χ0) is 17.6. The Morgan fingerprint density at radius 3 is 2.92 bits per heavy atom. The molecule has 2 aliphatic rings. The molecule has 5 nitrogen and oxygen atoms in total. The third kappa shape index (κ3) is 3.39. The van der Waals surface area contributed by atoms with Crippen LogP contribution in [0.15, 0.2) is 82.9 Å². The molecular weight excluding hydrogens is 321 g/mol. The molecule has 1 aromatic rings. The van der Waals surface area contributed by atoms with Crippen LogP contribution in [-0.2, 0) is 4.79 Å². The predicted molar refractivity (Wildman–Crippen MR) is 92.5 cm³/mol. The van der Waals surface area contributed by atoms with Gasteiger partial charge < -0.3 is 0 Å². The second-order valence-corrected chi connectivity index (χ2v) is 5.22. The van der Waals surface area contributed by atoms with E-state index in [2.05, 4.69) is 10.5 Å². The molecule has 0 bridgehead atoms. The second-order valence-electron chi connectivity index (χ2n) is 5.22. The lowest BCUT2D eigenvalue weighted by Crippen LogP contribution is -2.31. The Morgan fingerprint density at radius 2 is 2.12 bits per heavy atom. The van der Waals surface area contributed by atoms with Crippen molar-refractivity contribution in [3.8, 4) is 0 Å². The quantitative estimate of drug-likeness (QED) is 0.864. The summed E-state index contributed by atoms with van der Waals surface area (Å²) in [6, 6.07) is 5.72. The maximum Gasteiger partial charge on any atom is 0.265 e.